The second kappa shape index (κ2) is 8.67. The number of anilines is 1. The summed E-state index contributed by atoms with van der Waals surface area (Å²) in [5.41, 5.74) is -1.12. The molecule has 38 heavy (non-hydrogen) atoms. The van der Waals surface area contributed by atoms with Crippen molar-refractivity contribution < 1.29 is 32.2 Å². The van der Waals surface area contributed by atoms with Crippen LogP contribution in [0, 0.1) is 5.82 Å². The Hall–Kier alpha value is -3.18. The summed E-state index contributed by atoms with van der Waals surface area (Å²) in [5.74, 6) is -0.387. The predicted molar refractivity (Wildman–Crippen MR) is 132 cm³/mol. The first-order chi connectivity index (χ1) is 18.0. The van der Waals surface area contributed by atoms with E-state index in [0.717, 1.165) is 6.07 Å². The van der Waals surface area contributed by atoms with Crippen molar-refractivity contribution >= 4 is 22.5 Å². The summed E-state index contributed by atoms with van der Waals surface area (Å²) < 4.78 is 63.0. The maximum Gasteiger partial charge on any atom is 0.418 e. The maximum absolute atomic E-state index is 14.0. The molecule has 1 aliphatic carbocycles. The molecule has 2 fully saturated rings. The number of carbonyl (C=O) groups excluding carboxylic acids is 1. The SMILES string of the molecule is CC1(O)CC(n2ncc3cc(OCCN4CCC5(CC4)C(=O)Nc4ccc(F)cc45)cc(C(F)(F)F)c32)C1. The number of carbonyl (C=O) groups is 1. The number of rotatable bonds is 5. The second-order valence-electron chi connectivity index (χ2n) is 11.0. The van der Waals surface area contributed by atoms with Crippen LogP contribution in [-0.2, 0) is 16.4 Å². The highest BCUT2D eigenvalue weighted by molar-refractivity contribution is 6.06. The Morgan fingerprint density at radius 2 is 1.92 bits per heavy atom. The number of nitrogens with zero attached hydrogens (tertiary/aromatic N) is 3. The van der Waals surface area contributed by atoms with Crippen LogP contribution in [-0.4, -0.2) is 57.5 Å². The molecule has 1 aromatic heterocycles. The molecule has 2 aliphatic heterocycles. The lowest BCUT2D eigenvalue weighted by Gasteiger charge is -2.41. The Kier molecular flexibility index (Phi) is 5.73. The van der Waals surface area contributed by atoms with Crippen LogP contribution in [0.25, 0.3) is 10.9 Å². The number of alkyl halides is 3. The molecular weight excluding hydrogens is 504 g/mol. The zero-order valence-electron chi connectivity index (χ0n) is 20.8. The molecule has 2 N–H and O–H groups in total. The van der Waals surface area contributed by atoms with Crippen LogP contribution in [0.3, 0.4) is 0 Å². The van der Waals surface area contributed by atoms with Gasteiger partial charge in [-0.1, -0.05) is 0 Å². The molecule has 7 nitrogen and oxygen atoms in total. The Labute approximate surface area is 216 Å². The summed E-state index contributed by atoms with van der Waals surface area (Å²) in [5, 5.41) is 17.4. The average molecular weight is 533 g/mol. The van der Waals surface area contributed by atoms with Gasteiger partial charge in [0.05, 0.1) is 34.3 Å². The fraction of sp³-hybridized carbons (Fsp3) is 0.481. The van der Waals surface area contributed by atoms with Crippen molar-refractivity contribution in [2.24, 2.45) is 0 Å². The van der Waals surface area contributed by atoms with E-state index in [1.54, 1.807) is 19.1 Å². The normalized spacial score (nSPS) is 24.9. The second-order valence-corrected chi connectivity index (χ2v) is 11.0. The van der Waals surface area contributed by atoms with E-state index in [9.17, 15) is 27.5 Å². The number of benzene rings is 2. The minimum absolute atomic E-state index is 0.00163. The maximum atomic E-state index is 14.0. The average Bonchev–Trinajstić information content (AvgIpc) is 3.37. The van der Waals surface area contributed by atoms with E-state index in [0.29, 0.717) is 62.0 Å². The van der Waals surface area contributed by atoms with Gasteiger partial charge in [-0.25, -0.2) is 4.39 Å². The van der Waals surface area contributed by atoms with E-state index in [2.05, 4.69) is 15.3 Å². The van der Waals surface area contributed by atoms with Crippen LogP contribution in [0.5, 0.6) is 5.75 Å². The molecule has 202 valence electrons. The van der Waals surface area contributed by atoms with E-state index < -0.39 is 22.8 Å². The minimum atomic E-state index is -4.60. The van der Waals surface area contributed by atoms with E-state index >= 15 is 0 Å². The Bertz CT molecular complexity index is 1400. The molecule has 3 aromatic rings. The fourth-order valence-electron chi connectivity index (χ4n) is 6.20. The van der Waals surface area contributed by atoms with Gasteiger partial charge in [0.15, 0.2) is 0 Å². The molecule has 1 saturated carbocycles. The van der Waals surface area contributed by atoms with Crippen molar-refractivity contribution in [2.45, 2.75) is 55.8 Å². The van der Waals surface area contributed by atoms with E-state index in [1.165, 1.54) is 23.0 Å². The van der Waals surface area contributed by atoms with Gasteiger partial charge in [-0.05, 0) is 81.6 Å². The highest BCUT2D eigenvalue weighted by atomic mass is 19.4. The molecular formula is C27H28F4N4O3. The standard InChI is InChI=1S/C27H28F4N4O3/c1-25(37)13-18(14-25)35-23-16(15-32-35)10-19(12-21(23)27(29,30)31)38-9-8-34-6-4-26(5-7-34)20-11-17(28)2-3-22(20)33-24(26)36/h2-3,10-12,15,18,37H,4-9,13-14H2,1H3,(H,33,36). The summed E-state index contributed by atoms with van der Waals surface area (Å²) in [4.78, 5) is 14.9. The van der Waals surface area contributed by atoms with Gasteiger partial charge in [-0.3, -0.25) is 14.4 Å². The number of halogens is 4. The van der Waals surface area contributed by atoms with Crippen molar-refractivity contribution in [1.82, 2.24) is 14.7 Å². The summed E-state index contributed by atoms with van der Waals surface area (Å²) in [6.07, 6.45) is -1.46. The summed E-state index contributed by atoms with van der Waals surface area (Å²) in [6, 6.07) is 6.62. The molecule has 0 bridgehead atoms. The fourth-order valence-corrected chi connectivity index (χ4v) is 6.20. The number of nitrogens with one attached hydrogen (secondary N) is 1. The first-order valence-corrected chi connectivity index (χ1v) is 12.7. The largest absolute Gasteiger partial charge is 0.492 e. The third-order valence-electron chi connectivity index (χ3n) is 8.23. The third kappa shape index (κ3) is 4.21. The lowest BCUT2D eigenvalue weighted by atomic mass is 9.73. The number of piperidine rings is 1. The number of likely N-dealkylation sites (tertiary alicyclic amines) is 1. The highest BCUT2D eigenvalue weighted by Gasteiger charge is 2.48. The van der Waals surface area contributed by atoms with Gasteiger partial charge in [0.25, 0.3) is 0 Å². The molecule has 0 unspecified atom stereocenters. The van der Waals surface area contributed by atoms with Crippen molar-refractivity contribution in [3.8, 4) is 5.75 Å². The molecule has 1 amide bonds. The molecule has 2 aromatic carbocycles. The van der Waals surface area contributed by atoms with Crippen molar-refractivity contribution in [3.05, 3.63) is 53.5 Å². The molecule has 0 atom stereocenters. The first-order valence-electron chi connectivity index (χ1n) is 12.7. The highest BCUT2D eigenvalue weighted by Crippen LogP contribution is 2.46. The van der Waals surface area contributed by atoms with Gasteiger partial charge in [0.1, 0.15) is 18.2 Å². The summed E-state index contributed by atoms with van der Waals surface area (Å²) in [6.45, 7) is 3.47. The van der Waals surface area contributed by atoms with Gasteiger partial charge >= 0.3 is 6.18 Å². The zero-order valence-corrected chi connectivity index (χ0v) is 20.8. The quantitative estimate of drug-likeness (QED) is 0.468. The number of hydrogen-bond donors (Lipinski definition) is 2. The monoisotopic (exact) mass is 532 g/mol. The third-order valence-corrected chi connectivity index (χ3v) is 8.23. The molecule has 11 heteroatoms. The van der Waals surface area contributed by atoms with Gasteiger partial charge in [0.2, 0.25) is 5.91 Å². The smallest absolute Gasteiger partial charge is 0.418 e. The minimum Gasteiger partial charge on any atom is -0.492 e. The van der Waals surface area contributed by atoms with E-state index in [4.69, 9.17) is 4.74 Å². The molecule has 1 saturated heterocycles. The molecule has 3 aliphatic rings. The predicted octanol–water partition coefficient (Wildman–Crippen LogP) is 4.64. The van der Waals surface area contributed by atoms with Crippen molar-refractivity contribution in [1.29, 1.82) is 0 Å². The number of fused-ring (bicyclic) bond motifs is 3. The van der Waals surface area contributed by atoms with Crippen LogP contribution in [0.1, 0.15) is 49.8 Å². The number of hydrogen-bond acceptors (Lipinski definition) is 5. The molecule has 1 spiro atoms. The Morgan fingerprint density at radius 3 is 2.61 bits per heavy atom. The zero-order chi connectivity index (χ0) is 26.9. The lowest BCUT2D eigenvalue weighted by molar-refractivity contribution is -0.136. The number of aliphatic hydroxyl groups is 1. The molecule has 6 rings (SSSR count). The van der Waals surface area contributed by atoms with Gasteiger partial charge in [-0.15, -0.1) is 0 Å². The molecule has 3 heterocycles. The van der Waals surface area contributed by atoms with Crippen LogP contribution in [0.4, 0.5) is 23.2 Å². The Morgan fingerprint density at radius 1 is 1.18 bits per heavy atom. The van der Waals surface area contributed by atoms with Crippen molar-refractivity contribution in [2.75, 3.05) is 31.6 Å². The van der Waals surface area contributed by atoms with Crippen LogP contribution >= 0.6 is 0 Å². The van der Waals surface area contributed by atoms with Crippen molar-refractivity contribution in [3.63, 3.8) is 0 Å². The summed E-state index contributed by atoms with van der Waals surface area (Å²) in [7, 11) is 0. The van der Waals surface area contributed by atoms with Crippen LogP contribution in [0.15, 0.2) is 36.5 Å². The topological polar surface area (TPSA) is 79.6 Å². The van der Waals surface area contributed by atoms with E-state index in [1.807, 2.05) is 0 Å². The lowest BCUT2D eigenvalue weighted by Crippen LogP contribution is -2.47. The molecule has 0 radical (unpaired) electrons. The van der Waals surface area contributed by atoms with Crippen LogP contribution < -0.4 is 10.1 Å². The number of ether oxygens (including phenoxy) is 1. The van der Waals surface area contributed by atoms with Gasteiger partial charge in [-0.2, -0.15) is 18.3 Å². The number of aromatic nitrogens is 2. The van der Waals surface area contributed by atoms with E-state index in [-0.39, 0.29) is 35.6 Å². The first kappa shape index (κ1) is 25.1. The van der Waals surface area contributed by atoms with Crippen LogP contribution in [0.2, 0.25) is 0 Å². The van der Waals surface area contributed by atoms with Gasteiger partial charge < -0.3 is 15.2 Å². The van der Waals surface area contributed by atoms with Gasteiger partial charge in [0, 0.05) is 17.6 Å². The Balaban J connectivity index is 1.12. The summed E-state index contributed by atoms with van der Waals surface area (Å²) >= 11 is 0. The number of amides is 1.